The quantitative estimate of drug-likeness (QED) is 0.826. The first-order valence-corrected chi connectivity index (χ1v) is 8.52. The lowest BCUT2D eigenvalue weighted by Gasteiger charge is -2.19. The molecule has 0 radical (unpaired) electrons. The van der Waals surface area contributed by atoms with Gasteiger partial charge >= 0.3 is 0 Å². The number of anilines is 1. The Balaban J connectivity index is 1.74. The fourth-order valence-electron chi connectivity index (χ4n) is 2.50. The zero-order chi connectivity index (χ0) is 17.6. The molecular formula is C21H28N2O. The third kappa shape index (κ3) is 5.41. The molecule has 0 bridgehead atoms. The number of amides is 1. The van der Waals surface area contributed by atoms with E-state index in [-0.39, 0.29) is 11.3 Å². The summed E-state index contributed by atoms with van der Waals surface area (Å²) in [5, 5.41) is 6.28. The molecule has 128 valence electrons. The van der Waals surface area contributed by atoms with Crippen molar-refractivity contribution in [2.75, 3.05) is 11.9 Å². The molecule has 2 N–H and O–H groups in total. The van der Waals surface area contributed by atoms with Crippen LogP contribution < -0.4 is 10.6 Å². The number of aryl methyl sites for hydroxylation is 1. The third-order valence-electron chi connectivity index (χ3n) is 4.17. The molecule has 0 aromatic heterocycles. The van der Waals surface area contributed by atoms with Gasteiger partial charge < -0.3 is 10.6 Å². The van der Waals surface area contributed by atoms with E-state index in [2.05, 4.69) is 68.7 Å². The van der Waals surface area contributed by atoms with Crippen LogP contribution in [-0.2, 0) is 16.8 Å². The van der Waals surface area contributed by atoms with E-state index in [9.17, 15) is 4.79 Å². The fourth-order valence-corrected chi connectivity index (χ4v) is 2.50. The van der Waals surface area contributed by atoms with Crippen molar-refractivity contribution in [2.24, 2.45) is 0 Å². The van der Waals surface area contributed by atoms with E-state index in [1.165, 1.54) is 11.1 Å². The zero-order valence-corrected chi connectivity index (χ0v) is 15.1. The van der Waals surface area contributed by atoms with Crippen molar-refractivity contribution in [3.63, 3.8) is 0 Å². The van der Waals surface area contributed by atoms with Crippen molar-refractivity contribution in [1.29, 1.82) is 0 Å². The summed E-state index contributed by atoms with van der Waals surface area (Å²) >= 11 is 0. The Morgan fingerprint density at radius 2 is 1.67 bits per heavy atom. The number of benzene rings is 2. The van der Waals surface area contributed by atoms with Gasteiger partial charge in [0, 0.05) is 25.2 Å². The molecule has 0 aliphatic heterocycles. The van der Waals surface area contributed by atoms with Gasteiger partial charge in [0.05, 0.1) is 0 Å². The van der Waals surface area contributed by atoms with Gasteiger partial charge in [-0.05, 0) is 41.2 Å². The number of rotatable bonds is 6. The van der Waals surface area contributed by atoms with Crippen LogP contribution >= 0.6 is 0 Å². The van der Waals surface area contributed by atoms with Crippen molar-refractivity contribution in [3.8, 4) is 0 Å². The van der Waals surface area contributed by atoms with Crippen LogP contribution in [0.4, 0.5) is 5.69 Å². The van der Waals surface area contributed by atoms with E-state index in [0.717, 1.165) is 11.3 Å². The lowest BCUT2D eigenvalue weighted by atomic mass is 9.87. The highest BCUT2D eigenvalue weighted by molar-refractivity contribution is 5.76. The molecule has 0 saturated carbocycles. The molecule has 2 aromatic carbocycles. The van der Waals surface area contributed by atoms with Crippen LogP contribution in [0.5, 0.6) is 0 Å². The molecule has 0 atom stereocenters. The van der Waals surface area contributed by atoms with E-state index in [1.807, 2.05) is 18.2 Å². The van der Waals surface area contributed by atoms with Gasteiger partial charge in [-0.2, -0.15) is 0 Å². The van der Waals surface area contributed by atoms with Gasteiger partial charge in [-0.25, -0.2) is 0 Å². The molecule has 2 aromatic rings. The SMILES string of the molecule is Cc1ccccc1CNC(=O)CCNc1ccc(C(C)(C)C)cc1. The molecule has 3 nitrogen and oxygen atoms in total. The second kappa shape index (κ2) is 8.00. The summed E-state index contributed by atoms with van der Waals surface area (Å²) in [6.45, 7) is 9.89. The van der Waals surface area contributed by atoms with E-state index in [4.69, 9.17) is 0 Å². The highest BCUT2D eigenvalue weighted by Crippen LogP contribution is 2.23. The first-order chi connectivity index (χ1) is 11.4. The molecule has 0 saturated heterocycles. The summed E-state index contributed by atoms with van der Waals surface area (Å²) in [6.07, 6.45) is 0.465. The monoisotopic (exact) mass is 324 g/mol. The van der Waals surface area contributed by atoms with Crippen molar-refractivity contribution >= 4 is 11.6 Å². The second-order valence-electron chi connectivity index (χ2n) is 7.21. The molecule has 0 aliphatic carbocycles. The van der Waals surface area contributed by atoms with Gasteiger partial charge in [0.1, 0.15) is 0 Å². The Hall–Kier alpha value is -2.29. The minimum atomic E-state index is 0.0667. The lowest BCUT2D eigenvalue weighted by Crippen LogP contribution is -2.25. The highest BCUT2D eigenvalue weighted by atomic mass is 16.1. The Kier molecular flexibility index (Phi) is 6.02. The lowest BCUT2D eigenvalue weighted by molar-refractivity contribution is -0.121. The molecule has 0 fully saturated rings. The van der Waals surface area contributed by atoms with Gasteiger partial charge in [0.15, 0.2) is 0 Å². The standard InChI is InChI=1S/C21H28N2O/c1-16-7-5-6-8-17(16)15-23-20(24)13-14-22-19-11-9-18(10-12-19)21(2,3)4/h5-12,22H,13-15H2,1-4H3,(H,23,24). The van der Waals surface area contributed by atoms with Crippen molar-refractivity contribution in [1.82, 2.24) is 5.32 Å². The smallest absolute Gasteiger partial charge is 0.222 e. The van der Waals surface area contributed by atoms with Gasteiger partial charge in [-0.3, -0.25) is 4.79 Å². The molecule has 2 rings (SSSR count). The molecular weight excluding hydrogens is 296 g/mol. The number of carbonyl (C=O) groups is 1. The number of nitrogens with one attached hydrogen (secondary N) is 2. The topological polar surface area (TPSA) is 41.1 Å². The first kappa shape index (κ1) is 18.1. The van der Waals surface area contributed by atoms with Crippen molar-refractivity contribution in [2.45, 2.75) is 46.1 Å². The number of carbonyl (C=O) groups excluding carboxylic acids is 1. The molecule has 3 heteroatoms. The number of hydrogen-bond donors (Lipinski definition) is 2. The van der Waals surface area contributed by atoms with Crippen LogP contribution in [-0.4, -0.2) is 12.5 Å². The molecule has 24 heavy (non-hydrogen) atoms. The predicted octanol–water partition coefficient (Wildman–Crippen LogP) is 4.41. The van der Waals surface area contributed by atoms with Crippen LogP contribution in [0.15, 0.2) is 48.5 Å². The summed E-state index contributed by atoms with van der Waals surface area (Å²) in [4.78, 5) is 12.0. The van der Waals surface area contributed by atoms with E-state index in [1.54, 1.807) is 0 Å². The highest BCUT2D eigenvalue weighted by Gasteiger charge is 2.12. The van der Waals surface area contributed by atoms with E-state index < -0.39 is 0 Å². The molecule has 0 unspecified atom stereocenters. The molecule has 1 amide bonds. The maximum absolute atomic E-state index is 12.0. The van der Waals surface area contributed by atoms with Crippen LogP contribution in [0, 0.1) is 6.92 Å². The predicted molar refractivity (Wildman–Crippen MR) is 101 cm³/mol. The maximum Gasteiger partial charge on any atom is 0.222 e. The largest absolute Gasteiger partial charge is 0.385 e. The zero-order valence-electron chi connectivity index (χ0n) is 15.1. The van der Waals surface area contributed by atoms with Gasteiger partial charge in [0.25, 0.3) is 0 Å². The average molecular weight is 324 g/mol. The fraction of sp³-hybridized carbons (Fsp3) is 0.381. The van der Waals surface area contributed by atoms with Crippen molar-refractivity contribution in [3.05, 3.63) is 65.2 Å². The number of hydrogen-bond acceptors (Lipinski definition) is 2. The normalized spacial score (nSPS) is 11.2. The van der Waals surface area contributed by atoms with Gasteiger partial charge in [-0.1, -0.05) is 57.2 Å². The van der Waals surface area contributed by atoms with Crippen LogP contribution in [0.2, 0.25) is 0 Å². The van der Waals surface area contributed by atoms with E-state index >= 15 is 0 Å². The van der Waals surface area contributed by atoms with Crippen LogP contribution in [0.25, 0.3) is 0 Å². The molecule has 0 heterocycles. The Morgan fingerprint density at radius 3 is 2.29 bits per heavy atom. The minimum Gasteiger partial charge on any atom is -0.385 e. The Labute approximate surface area is 145 Å². The van der Waals surface area contributed by atoms with Gasteiger partial charge in [0.2, 0.25) is 5.91 Å². The molecule has 0 aliphatic rings. The second-order valence-corrected chi connectivity index (χ2v) is 7.21. The summed E-state index contributed by atoms with van der Waals surface area (Å²) in [6, 6.07) is 16.5. The summed E-state index contributed by atoms with van der Waals surface area (Å²) < 4.78 is 0. The Morgan fingerprint density at radius 1 is 1.00 bits per heavy atom. The van der Waals surface area contributed by atoms with Crippen LogP contribution in [0.1, 0.15) is 43.9 Å². The van der Waals surface area contributed by atoms with Crippen LogP contribution in [0.3, 0.4) is 0 Å². The van der Waals surface area contributed by atoms with E-state index in [0.29, 0.717) is 19.5 Å². The van der Waals surface area contributed by atoms with Gasteiger partial charge in [-0.15, -0.1) is 0 Å². The first-order valence-electron chi connectivity index (χ1n) is 8.52. The molecule has 0 spiro atoms. The third-order valence-corrected chi connectivity index (χ3v) is 4.17. The summed E-state index contributed by atoms with van der Waals surface area (Å²) in [5.41, 5.74) is 4.89. The van der Waals surface area contributed by atoms with Crippen molar-refractivity contribution < 1.29 is 4.79 Å². The Bertz CT molecular complexity index is 669. The summed E-state index contributed by atoms with van der Waals surface area (Å²) in [5.74, 6) is 0.0667. The minimum absolute atomic E-state index is 0.0667. The maximum atomic E-state index is 12.0. The average Bonchev–Trinajstić information content (AvgIpc) is 2.54. The summed E-state index contributed by atoms with van der Waals surface area (Å²) in [7, 11) is 0.